The topological polar surface area (TPSA) is 26.3 Å². The quantitative estimate of drug-likeness (QED) is 0.706. The van der Waals surface area contributed by atoms with Crippen molar-refractivity contribution in [3.05, 3.63) is 35.9 Å². The number of hydrogen-bond donors (Lipinski definition) is 0. The Labute approximate surface area is 97.6 Å². The van der Waals surface area contributed by atoms with Gasteiger partial charge in [0.2, 0.25) is 0 Å². The first-order valence-corrected chi connectivity index (χ1v) is 5.96. The molecule has 0 saturated carbocycles. The largest absolute Gasteiger partial charge is 0.370 e. The van der Waals surface area contributed by atoms with Crippen LogP contribution in [0.3, 0.4) is 0 Å². The fourth-order valence-corrected chi connectivity index (χ4v) is 1.58. The van der Waals surface area contributed by atoms with Gasteiger partial charge >= 0.3 is 0 Å². The molecule has 1 atom stereocenters. The molecule has 1 aromatic carbocycles. The molecule has 0 aromatic heterocycles. The molecule has 1 aromatic rings. The third kappa shape index (κ3) is 4.15. The van der Waals surface area contributed by atoms with E-state index in [4.69, 9.17) is 4.74 Å². The molecule has 0 bridgehead atoms. The number of carbonyl (C=O) groups is 1. The van der Waals surface area contributed by atoms with Crippen molar-refractivity contribution >= 4 is 5.78 Å². The van der Waals surface area contributed by atoms with Crippen LogP contribution in [-0.2, 0) is 16.0 Å². The number of ketones is 1. The highest BCUT2D eigenvalue weighted by atomic mass is 16.5. The van der Waals surface area contributed by atoms with E-state index in [1.54, 1.807) is 0 Å². The smallest absolute Gasteiger partial charge is 0.161 e. The van der Waals surface area contributed by atoms with E-state index in [9.17, 15) is 4.79 Å². The lowest BCUT2D eigenvalue weighted by Crippen LogP contribution is -2.26. The first-order valence-electron chi connectivity index (χ1n) is 5.96. The van der Waals surface area contributed by atoms with Crippen molar-refractivity contribution in [1.82, 2.24) is 0 Å². The van der Waals surface area contributed by atoms with Gasteiger partial charge in [-0.05, 0) is 12.0 Å². The van der Waals surface area contributed by atoms with E-state index in [-0.39, 0.29) is 11.9 Å². The molecule has 0 aliphatic rings. The zero-order valence-electron chi connectivity index (χ0n) is 10.1. The molecule has 0 amide bonds. The first kappa shape index (κ1) is 12.9. The lowest BCUT2D eigenvalue weighted by molar-refractivity contribution is -0.130. The standard InChI is InChI=1S/C14H20O2/c1-3-10-16-14(13(15)4-2)11-12-8-6-5-7-9-12/h5-9,14H,3-4,10-11H2,1-2H3. The highest BCUT2D eigenvalue weighted by Crippen LogP contribution is 2.09. The molecule has 1 unspecified atom stereocenters. The molecule has 0 radical (unpaired) electrons. The molecule has 0 saturated heterocycles. The van der Waals surface area contributed by atoms with Gasteiger partial charge in [0, 0.05) is 19.4 Å². The van der Waals surface area contributed by atoms with Crippen molar-refractivity contribution in [3.8, 4) is 0 Å². The van der Waals surface area contributed by atoms with Gasteiger partial charge in [-0.3, -0.25) is 4.79 Å². The monoisotopic (exact) mass is 220 g/mol. The Balaban J connectivity index is 2.59. The van der Waals surface area contributed by atoms with Crippen LogP contribution in [0.4, 0.5) is 0 Å². The van der Waals surface area contributed by atoms with Gasteiger partial charge in [-0.15, -0.1) is 0 Å². The zero-order chi connectivity index (χ0) is 11.8. The maximum Gasteiger partial charge on any atom is 0.161 e. The Bertz CT molecular complexity index is 306. The van der Waals surface area contributed by atoms with Gasteiger partial charge in [-0.1, -0.05) is 44.2 Å². The minimum absolute atomic E-state index is 0.192. The molecule has 16 heavy (non-hydrogen) atoms. The van der Waals surface area contributed by atoms with Gasteiger partial charge in [-0.25, -0.2) is 0 Å². The van der Waals surface area contributed by atoms with Crippen molar-refractivity contribution < 1.29 is 9.53 Å². The molecular formula is C14H20O2. The average Bonchev–Trinajstić information content (AvgIpc) is 2.34. The number of rotatable bonds is 7. The summed E-state index contributed by atoms with van der Waals surface area (Å²) in [6.07, 6.45) is 1.91. The molecule has 2 heteroatoms. The summed E-state index contributed by atoms with van der Waals surface area (Å²) in [5.41, 5.74) is 1.16. The van der Waals surface area contributed by atoms with Crippen LogP contribution in [0.25, 0.3) is 0 Å². The van der Waals surface area contributed by atoms with Crippen LogP contribution in [0.15, 0.2) is 30.3 Å². The van der Waals surface area contributed by atoms with E-state index in [1.165, 1.54) is 0 Å². The van der Waals surface area contributed by atoms with Gasteiger partial charge < -0.3 is 4.74 Å². The van der Waals surface area contributed by atoms with Crippen LogP contribution in [-0.4, -0.2) is 18.5 Å². The van der Waals surface area contributed by atoms with Crippen LogP contribution in [0.1, 0.15) is 32.3 Å². The second-order valence-electron chi connectivity index (χ2n) is 3.87. The van der Waals surface area contributed by atoms with E-state index in [2.05, 4.69) is 6.92 Å². The van der Waals surface area contributed by atoms with Crippen LogP contribution in [0.5, 0.6) is 0 Å². The Morgan fingerprint density at radius 2 is 1.94 bits per heavy atom. The van der Waals surface area contributed by atoms with Crippen molar-refractivity contribution in [2.75, 3.05) is 6.61 Å². The van der Waals surface area contributed by atoms with Crippen molar-refractivity contribution in [2.24, 2.45) is 0 Å². The average molecular weight is 220 g/mol. The number of benzene rings is 1. The Hall–Kier alpha value is -1.15. The minimum Gasteiger partial charge on any atom is -0.370 e. The molecule has 0 spiro atoms. The van der Waals surface area contributed by atoms with Crippen LogP contribution >= 0.6 is 0 Å². The first-order chi connectivity index (χ1) is 7.77. The second kappa shape index (κ2) is 7.18. The molecule has 2 nitrogen and oxygen atoms in total. The van der Waals surface area contributed by atoms with Crippen molar-refractivity contribution in [2.45, 2.75) is 39.2 Å². The van der Waals surface area contributed by atoms with E-state index < -0.39 is 0 Å². The van der Waals surface area contributed by atoms with Crippen LogP contribution in [0, 0.1) is 0 Å². The molecule has 0 aliphatic heterocycles. The Kier molecular flexibility index (Phi) is 5.79. The third-order valence-electron chi connectivity index (χ3n) is 2.49. The second-order valence-corrected chi connectivity index (χ2v) is 3.87. The van der Waals surface area contributed by atoms with E-state index in [1.807, 2.05) is 37.3 Å². The predicted octanol–water partition coefficient (Wildman–Crippen LogP) is 3.00. The normalized spacial score (nSPS) is 12.4. The summed E-state index contributed by atoms with van der Waals surface area (Å²) in [5, 5.41) is 0. The molecule has 1 rings (SSSR count). The molecule has 0 N–H and O–H groups in total. The predicted molar refractivity (Wildman–Crippen MR) is 65.5 cm³/mol. The summed E-state index contributed by atoms with van der Waals surface area (Å²) in [6.45, 7) is 4.59. The maximum atomic E-state index is 11.7. The summed E-state index contributed by atoms with van der Waals surface area (Å²) in [6, 6.07) is 10.0. The SMILES string of the molecule is CCCOC(Cc1ccccc1)C(=O)CC. The van der Waals surface area contributed by atoms with Gasteiger partial charge in [0.05, 0.1) is 0 Å². The summed E-state index contributed by atoms with van der Waals surface area (Å²) < 4.78 is 5.60. The third-order valence-corrected chi connectivity index (χ3v) is 2.49. The fourth-order valence-electron chi connectivity index (χ4n) is 1.58. The number of carbonyl (C=O) groups excluding carboxylic acids is 1. The minimum atomic E-state index is -0.271. The summed E-state index contributed by atoms with van der Waals surface area (Å²) >= 11 is 0. The van der Waals surface area contributed by atoms with E-state index in [0.717, 1.165) is 12.0 Å². The number of ether oxygens (including phenoxy) is 1. The van der Waals surface area contributed by atoms with Crippen LogP contribution in [0.2, 0.25) is 0 Å². The van der Waals surface area contributed by atoms with Crippen molar-refractivity contribution in [1.29, 1.82) is 0 Å². The molecular weight excluding hydrogens is 200 g/mol. The van der Waals surface area contributed by atoms with Crippen molar-refractivity contribution in [3.63, 3.8) is 0 Å². The molecule has 0 fully saturated rings. The fraction of sp³-hybridized carbons (Fsp3) is 0.500. The van der Waals surface area contributed by atoms with E-state index in [0.29, 0.717) is 19.4 Å². The highest BCUT2D eigenvalue weighted by Gasteiger charge is 2.17. The molecule has 0 aliphatic carbocycles. The Morgan fingerprint density at radius 3 is 2.50 bits per heavy atom. The van der Waals surface area contributed by atoms with Gasteiger partial charge in [0.15, 0.2) is 5.78 Å². The summed E-state index contributed by atoms with van der Waals surface area (Å²) in [7, 11) is 0. The molecule has 88 valence electrons. The lowest BCUT2D eigenvalue weighted by Gasteiger charge is -2.15. The highest BCUT2D eigenvalue weighted by molar-refractivity contribution is 5.83. The Morgan fingerprint density at radius 1 is 1.25 bits per heavy atom. The van der Waals surface area contributed by atoms with Crippen LogP contribution < -0.4 is 0 Å². The summed E-state index contributed by atoms with van der Waals surface area (Å²) in [5.74, 6) is 0.192. The van der Waals surface area contributed by atoms with Gasteiger partial charge in [0.25, 0.3) is 0 Å². The van der Waals surface area contributed by atoms with E-state index >= 15 is 0 Å². The summed E-state index contributed by atoms with van der Waals surface area (Å²) in [4.78, 5) is 11.7. The van der Waals surface area contributed by atoms with Gasteiger partial charge in [-0.2, -0.15) is 0 Å². The molecule has 0 heterocycles. The maximum absolute atomic E-state index is 11.7. The zero-order valence-corrected chi connectivity index (χ0v) is 10.1. The van der Waals surface area contributed by atoms with Gasteiger partial charge in [0.1, 0.15) is 6.10 Å². The number of hydrogen-bond acceptors (Lipinski definition) is 2. The lowest BCUT2D eigenvalue weighted by atomic mass is 10.0. The number of Topliss-reactive ketones (excluding diaryl/α,β-unsaturated/α-hetero) is 1.